The van der Waals surface area contributed by atoms with E-state index in [1.807, 2.05) is 0 Å². The second-order valence-corrected chi connectivity index (χ2v) is 9.08. The van der Waals surface area contributed by atoms with Crippen LogP contribution in [0, 0.1) is 23.3 Å². The Kier molecular flexibility index (Phi) is 8.86. The summed E-state index contributed by atoms with van der Waals surface area (Å²) in [5.41, 5.74) is -7.24. The Morgan fingerprint density at radius 2 is 1.20 bits per heavy atom. The Labute approximate surface area is 223 Å². The fourth-order valence-corrected chi connectivity index (χ4v) is 4.39. The van der Waals surface area contributed by atoms with Crippen molar-refractivity contribution in [1.29, 1.82) is 0 Å². The number of rotatable bonds is 5. The van der Waals surface area contributed by atoms with Crippen LogP contribution in [0.3, 0.4) is 0 Å². The van der Waals surface area contributed by atoms with Crippen LogP contribution in [0.4, 0.5) is 49.6 Å². The van der Waals surface area contributed by atoms with Crippen LogP contribution in [0.1, 0.15) is 57.5 Å². The third kappa shape index (κ3) is 6.74. The average molecular weight is 605 g/mol. The number of thiocarbonyl (C=S) groups is 1. The molecule has 1 aliphatic carbocycles. The molecule has 2 unspecified atom stereocenters. The summed E-state index contributed by atoms with van der Waals surface area (Å²) in [7, 11) is 0. The summed E-state index contributed by atoms with van der Waals surface area (Å²) in [6.45, 7) is 0. The van der Waals surface area contributed by atoms with Crippen LogP contribution in [0.5, 0.6) is 0 Å². The molecule has 2 aromatic rings. The van der Waals surface area contributed by atoms with Gasteiger partial charge in [0, 0.05) is 17.8 Å². The number of amides is 1. The minimum atomic E-state index is -5.12. The number of carboxylic acid groups (broad SMARTS) is 1. The first-order chi connectivity index (χ1) is 18.4. The second-order valence-electron chi connectivity index (χ2n) is 8.68. The molecule has 17 heteroatoms. The zero-order chi connectivity index (χ0) is 30.2. The van der Waals surface area contributed by atoms with E-state index in [0.29, 0.717) is 25.0 Å². The molecule has 0 aromatic heterocycles. The van der Waals surface area contributed by atoms with Crippen LogP contribution in [0.15, 0.2) is 18.2 Å². The van der Waals surface area contributed by atoms with Crippen LogP contribution in [-0.4, -0.2) is 34.2 Å². The van der Waals surface area contributed by atoms with Crippen molar-refractivity contribution in [2.75, 3.05) is 5.32 Å². The molecule has 0 aliphatic heterocycles. The monoisotopic (exact) mass is 605 g/mol. The third-order valence-electron chi connectivity index (χ3n) is 5.95. The number of halogens is 10. The molecule has 3 rings (SSSR count). The lowest BCUT2D eigenvalue weighted by atomic mass is 9.90. The minimum absolute atomic E-state index is 0.0833. The highest BCUT2D eigenvalue weighted by Crippen LogP contribution is 2.37. The zero-order valence-corrected chi connectivity index (χ0v) is 20.5. The highest BCUT2D eigenvalue weighted by atomic mass is 32.1. The fraction of sp³-hybridized carbons (Fsp3) is 0.348. The summed E-state index contributed by atoms with van der Waals surface area (Å²) < 4.78 is 134. The van der Waals surface area contributed by atoms with Crippen LogP contribution < -0.4 is 16.0 Å². The lowest BCUT2D eigenvalue weighted by molar-refractivity contribution is -0.143. The quantitative estimate of drug-likeness (QED) is 0.145. The van der Waals surface area contributed by atoms with Gasteiger partial charge in [0.05, 0.1) is 16.7 Å². The molecule has 0 radical (unpaired) electrons. The van der Waals surface area contributed by atoms with E-state index >= 15 is 0 Å². The molecule has 0 heterocycles. The number of carboxylic acids is 1. The van der Waals surface area contributed by atoms with Crippen LogP contribution in [0.2, 0.25) is 0 Å². The number of anilines is 1. The van der Waals surface area contributed by atoms with E-state index in [1.54, 1.807) is 0 Å². The first kappa shape index (κ1) is 30.9. The standard InChI is InChI=1S/C23H17F10N3O3S/c24-15-13(14(20(38)39)16(25)18(27)17(15)26)19(37)35-11-3-1-2-4-12(11)36-21(40)34-10-6-8(22(28,29)30)5-9(7-10)23(31,32)33/h5-7,11-12H,1-4H2,(H,35,37)(H,38,39)(H2,34,36,40). The third-order valence-corrected chi connectivity index (χ3v) is 6.17. The lowest BCUT2D eigenvalue weighted by Gasteiger charge is -2.33. The molecule has 6 nitrogen and oxygen atoms in total. The van der Waals surface area contributed by atoms with Gasteiger partial charge < -0.3 is 21.1 Å². The first-order valence-corrected chi connectivity index (χ1v) is 11.6. The van der Waals surface area contributed by atoms with Gasteiger partial charge in [-0.3, -0.25) is 4.79 Å². The van der Waals surface area contributed by atoms with Crippen molar-refractivity contribution in [2.45, 2.75) is 50.1 Å². The van der Waals surface area contributed by atoms with Gasteiger partial charge >= 0.3 is 18.3 Å². The first-order valence-electron chi connectivity index (χ1n) is 11.2. The number of aromatic carboxylic acids is 1. The molecule has 0 bridgehead atoms. The van der Waals surface area contributed by atoms with E-state index < -0.39 is 92.6 Å². The molecule has 1 aliphatic rings. The SMILES string of the molecule is O=C(O)c1c(F)c(F)c(F)c(F)c1C(=O)NC1CCCCC1NC(=S)Nc1cc(C(F)(F)F)cc(C(F)(F)F)c1. The van der Waals surface area contributed by atoms with Crippen molar-refractivity contribution in [3.8, 4) is 0 Å². The van der Waals surface area contributed by atoms with Gasteiger partial charge in [-0.2, -0.15) is 26.3 Å². The highest BCUT2D eigenvalue weighted by molar-refractivity contribution is 7.80. The summed E-state index contributed by atoms with van der Waals surface area (Å²) in [6, 6.07) is -1.24. The number of carbonyl (C=O) groups excluding carboxylic acids is 1. The maximum absolute atomic E-state index is 14.3. The summed E-state index contributed by atoms with van der Waals surface area (Å²) in [4.78, 5) is 24.1. The Bertz CT molecular complexity index is 1310. The number of nitrogens with one attached hydrogen (secondary N) is 3. The molecular formula is C23H17F10N3O3S. The molecule has 1 fully saturated rings. The number of hydrogen-bond acceptors (Lipinski definition) is 3. The Balaban J connectivity index is 1.83. The van der Waals surface area contributed by atoms with E-state index in [0.717, 1.165) is 0 Å². The van der Waals surface area contributed by atoms with Crippen molar-refractivity contribution in [3.63, 3.8) is 0 Å². The molecule has 2 aromatic carbocycles. The maximum Gasteiger partial charge on any atom is 0.416 e. The summed E-state index contributed by atoms with van der Waals surface area (Å²) >= 11 is 5.00. The van der Waals surface area contributed by atoms with Crippen LogP contribution >= 0.6 is 12.2 Å². The molecule has 0 spiro atoms. The second kappa shape index (κ2) is 11.5. The predicted molar refractivity (Wildman–Crippen MR) is 123 cm³/mol. The van der Waals surface area contributed by atoms with Gasteiger partial charge in [0.25, 0.3) is 5.91 Å². The molecule has 218 valence electrons. The van der Waals surface area contributed by atoms with Crippen molar-refractivity contribution in [2.24, 2.45) is 0 Å². The number of alkyl halides is 6. The normalized spacial score (nSPS) is 17.8. The van der Waals surface area contributed by atoms with E-state index in [1.165, 1.54) is 0 Å². The van der Waals surface area contributed by atoms with E-state index in [2.05, 4.69) is 16.0 Å². The lowest BCUT2D eigenvalue weighted by Crippen LogP contribution is -2.54. The Morgan fingerprint density at radius 3 is 1.65 bits per heavy atom. The maximum atomic E-state index is 14.3. The van der Waals surface area contributed by atoms with Gasteiger partial charge in [-0.15, -0.1) is 0 Å². The molecule has 4 N–H and O–H groups in total. The topological polar surface area (TPSA) is 90.5 Å². The number of benzene rings is 2. The highest BCUT2D eigenvalue weighted by Gasteiger charge is 2.38. The van der Waals surface area contributed by atoms with Crippen molar-refractivity contribution < 1.29 is 58.6 Å². The van der Waals surface area contributed by atoms with Crippen molar-refractivity contribution in [3.05, 3.63) is 63.7 Å². The van der Waals surface area contributed by atoms with Gasteiger partial charge in [-0.1, -0.05) is 12.8 Å². The van der Waals surface area contributed by atoms with Gasteiger partial charge in [0.1, 0.15) is 5.56 Å². The van der Waals surface area contributed by atoms with Gasteiger partial charge in [0.2, 0.25) is 0 Å². The molecular weight excluding hydrogens is 588 g/mol. The van der Waals surface area contributed by atoms with Crippen molar-refractivity contribution >= 4 is 34.9 Å². The molecule has 0 saturated heterocycles. The molecule has 1 amide bonds. The predicted octanol–water partition coefficient (Wildman–Crippen LogP) is 6.01. The van der Waals surface area contributed by atoms with Crippen LogP contribution in [-0.2, 0) is 12.4 Å². The molecule has 1 saturated carbocycles. The van der Waals surface area contributed by atoms with Gasteiger partial charge in [0.15, 0.2) is 28.4 Å². The van der Waals surface area contributed by atoms with Crippen LogP contribution in [0.25, 0.3) is 0 Å². The minimum Gasteiger partial charge on any atom is -0.478 e. The van der Waals surface area contributed by atoms with Gasteiger partial charge in [-0.05, 0) is 43.3 Å². The number of carbonyl (C=O) groups is 2. The summed E-state index contributed by atoms with van der Waals surface area (Å²) in [6.07, 6.45) is -8.99. The van der Waals surface area contributed by atoms with Gasteiger partial charge in [-0.25, -0.2) is 22.4 Å². The van der Waals surface area contributed by atoms with E-state index in [4.69, 9.17) is 17.3 Å². The Hall–Kier alpha value is -3.63. The smallest absolute Gasteiger partial charge is 0.416 e. The molecule has 40 heavy (non-hydrogen) atoms. The largest absolute Gasteiger partial charge is 0.478 e. The van der Waals surface area contributed by atoms with E-state index in [9.17, 15) is 53.5 Å². The fourth-order valence-electron chi connectivity index (χ4n) is 4.13. The zero-order valence-electron chi connectivity index (χ0n) is 19.7. The van der Waals surface area contributed by atoms with Crippen molar-refractivity contribution in [1.82, 2.24) is 10.6 Å². The number of hydrogen-bond donors (Lipinski definition) is 4. The summed E-state index contributed by atoms with van der Waals surface area (Å²) in [5.74, 6) is -13.3. The Morgan fingerprint density at radius 1 is 0.750 bits per heavy atom. The molecule has 2 atom stereocenters. The van der Waals surface area contributed by atoms with E-state index in [-0.39, 0.29) is 18.9 Å². The summed E-state index contributed by atoms with van der Waals surface area (Å²) in [5, 5.41) is 15.7. The average Bonchev–Trinajstić information content (AvgIpc) is 2.84.